The normalized spacial score (nSPS) is 44.2. The van der Waals surface area contributed by atoms with E-state index in [1.807, 2.05) is 31.7 Å². The molecule has 3 aliphatic rings. The second-order valence-corrected chi connectivity index (χ2v) is 15.0. The first-order valence-corrected chi connectivity index (χ1v) is 17.5. The van der Waals surface area contributed by atoms with Gasteiger partial charge in [0.1, 0.15) is 30.7 Å². The van der Waals surface area contributed by atoms with Crippen molar-refractivity contribution in [2.75, 3.05) is 21.2 Å². The summed E-state index contributed by atoms with van der Waals surface area (Å²) in [7, 11) is 4.98. The Hall–Kier alpha value is -1.78. The van der Waals surface area contributed by atoms with Gasteiger partial charge in [0.05, 0.1) is 49.1 Å². The number of rotatable bonds is 8. The van der Waals surface area contributed by atoms with Crippen LogP contribution in [0.15, 0.2) is 24.3 Å². The SMILES string of the molecule is COC1[C@H](O)CC(=O)O[C@H](C)C/C=C/C=C/[C@H](O)[C@H](C)C[C@H](CC=O)[C@@H]1O[C@@H]1O[C@H](C)[C@@H](O[C@@H]2CC(C)(C)[C@H](O)[C@@H](C)O2)[C@H](N(C)C)[C@H]1O. The number of esters is 1. The molecule has 282 valence electrons. The van der Waals surface area contributed by atoms with Crippen LogP contribution < -0.4 is 0 Å². The molecule has 0 aliphatic carbocycles. The summed E-state index contributed by atoms with van der Waals surface area (Å²) in [5.41, 5.74) is -0.464. The maximum atomic E-state index is 12.8. The largest absolute Gasteiger partial charge is 0.462 e. The van der Waals surface area contributed by atoms with Gasteiger partial charge in [0.15, 0.2) is 12.6 Å². The third kappa shape index (κ3) is 11.1. The van der Waals surface area contributed by atoms with Gasteiger partial charge in [-0.05, 0) is 58.5 Å². The Balaban J connectivity index is 1.94. The highest BCUT2D eigenvalue weighted by molar-refractivity contribution is 5.70. The Morgan fingerprint density at radius 2 is 1.67 bits per heavy atom. The Morgan fingerprint density at radius 1 is 0.980 bits per heavy atom. The van der Waals surface area contributed by atoms with Gasteiger partial charge in [-0.2, -0.15) is 0 Å². The lowest BCUT2D eigenvalue weighted by atomic mass is 9.78. The molecule has 3 aliphatic heterocycles. The summed E-state index contributed by atoms with van der Waals surface area (Å²) in [5.74, 6) is -1.58. The van der Waals surface area contributed by atoms with Crippen LogP contribution in [0.4, 0.5) is 0 Å². The summed E-state index contributed by atoms with van der Waals surface area (Å²) in [4.78, 5) is 26.7. The van der Waals surface area contributed by atoms with Gasteiger partial charge < -0.3 is 58.5 Å². The van der Waals surface area contributed by atoms with Crippen molar-refractivity contribution >= 4 is 12.3 Å². The van der Waals surface area contributed by atoms with Crippen molar-refractivity contribution in [1.29, 1.82) is 0 Å². The van der Waals surface area contributed by atoms with E-state index >= 15 is 0 Å². The molecule has 0 radical (unpaired) electrons. The second kappa shape index (κ2) is 18.6. The maximum absolute atomic E-state index is 12.8. The Labute approximate surface area is 291 Å². The van der Waals surface area contributed by atoms with Crippen LogP contribution in [0.2, 0.25) is 0 Å². The highest BCUT2D eigenvalue weighted by Crippen LogP contribution is 2.39. The first-order valence-electron chi connectivity index (χ1n) is 17.5. The predicted molar refractivity (Wildman–Crippen MR) is 180 cm³/mol. The number of aldehydes is 1. The molecule has 0 amide bonds. The summed E-state index contributed by atoms with van der Waals surface area (Å²) in [6, 6.07) is -0.639. The summed E-state index contributed by atoms with van der Waals surface area (Å²) in [5, 5.41) is 44.8. The van der Waals surface area contributed by atoms with Crippen LogP contribution in [-0.4, -0.2) is 138 Å². The third-order valence-electron chi connectivity index (χ3n) is 10.1. The molecule has 3 heterocycles. The monoisotopic (exact) mass is 699 g/mol. The molecule has 0 saturated carbocycles. The van der Waals surface area contributed by atoms with Crippen molar-refractivity contribution < 1.29 is 58.4 Å². The van der Waals surface area contributed by atoms with E-state index in [1.54, 1.807) is 53.1 Å². The van der Waals surface area contributed by atoms with E-state index in [0.29, 0.717) is 12.8 Å². The zero-order chi connectivity index (χ0) is 36.6. The summed E-state index contributed by atoms with van der Waals surface area (Å²) >= 11 is 0. The minimum absolute atomic E-state index is 0.0144. The molecule has 2 saturated heterocycles. The molecule has 4 N–H and O–H groups in total. The summed E-state index contributed by atoms with van der Waals surface area (Å²) < 4.78 is 36.6. The van der Waals surface area contributed by atoms with Crippen molar-refractivity contribution in [3.8, 4) is 0 Å². The molecule has 0 spiro atoms. The van der Waals surface area contributed by atoms with Gasteiger partial charge in [0, 0.05) is 26.4 Å². The van der Waals surface area contributed by atoms with Crippen LogP contribution in [0.5, 0.6) is 0 Å². The number of allylic oxidation sites excluding steroid dienone is 2. The van der Waals surface area contributed by atoms with Gasteiger partial charge in [-0.15, -0.1) is 0 Å². The van der Waals surface area contributed by atoms with Gasteiger partial charge >= 0.3 is 5.97 Å². The molecule has 49 heavy (non-hydrogen) atoms. The molecule has 1 unspecified atom stereocenters. The van der Waals surface area contributed by atoms with Gasteiger partial charge in [-0.25, -0.2) is 0 Å². The molecule has 0 bridgehead atoms. The van der Waals surface area contributed by atoms with Crippen LogP contribution in [0, 0.1) is 17.3 Å². The Morgan fingerprint density at radius 3 is 2.29 bits per heavy atom. The molecule has 0 aromatic rings. The first-order chi connectivity index (χ1) is 23.0. The molecule has 2 fully saturated rings. The minimum atomic E-state index is -1.39. The number of nitrogens with zero attached hydrogens (tertiary/aromatic N) is 1. The lowest BCUT2D eigenvalue weighted by Crippen LogP contribution is -2.65. The van der Waals surface area contributed by atoms with Crippen molar-refractivity contribution in [3.63, 3.8) is 0 Å². The summed E-state index contributed by atoms with van der Waals surface area (Å²) in [6.07, 6.45) is -2.04. The lowest BCUT2D eigenvalue weighted by Gasteiger charge is -2.50. The smallest absolute Gasteiger partial charge is 0.308 e. The van der Waals surface area contributed by atoms with E-state index in [-0.39, 0.29) is 18.8 Å². The number of hydrogen-bond acceptors (Lipinski definition) is 13. The molecule has 0 aromatic carbocycles. The third-order valence-corrected chi connectivity index (χ3v) is 10.1. The number of hydrogen-bond donors (Lipinski definition) is 4. The fraction of sp³-hybridized carbons (Fsp3) is 0.833. The van der Waals surface area contributed by atoms with E-state index in [9.17, 15) is 30.0 Å². The van der Waals surface area contributed by atoms with Crippen LogP contribution in [0.3, 0.4) is 0 Å². The average Bonchev–Trinajstić information content (AvgIpc) is 3.00. The number of aliphatic hydroxyl groups excluding tert-OH is 4. The number of carbonyl (C=O) groups excluding carboxylic acids is 2. The van der Waals surface area contributed by atoms with E-state index in [1.165, 1.54) is 7.11 Å². The molecular weight excluding hydrogens is 638 g/mol. The van der Waals surface area contributed by atoms with Crippen LogP contribution in [-0.2, 0) is 38.0 Å². The number of methoxy groups -OCH3 is 1. The fourth-order valence-electron chi connectivity index (χ4n) is 7.26. The van der Waals surface area contributed by atoms with Gasteiger partial charge in [0.25, 0.3) is 0 Å². The van der Waals surface area contributed by atoms with Crippen LogP contribution in [0.25, 0.3) is 0 Å². The van der Waals surface area contributed by atoms with E-state index in [2.05, 4.69) is 0 Å². The van der Waals surface area contributed by atoms with Gasteiger partial charge in [0.2, 0.25) is 0 Å². The lowest BCUT2D eigenvalue weighted by molar-refractivity contribution is -0.340. The number of ether oxygens (including phenoxy) is 6. The number of likely N-dealkylation sites (N-methyl/N-ethyl adjacent to an activating group) is 1. The zero-order valence-corrected chi connectivity index (χ0v) is 30.6. The molecule has 15 atom stereocenters. The topological polar surface area (TPSA) is 174 Å². The Bertz CT molecular complexity index is 1100. The standard InChI is InChI=1S/C36H61NO12/c1-20-17-24(15-16-38)32(33(44-9)26(40)18-27(41)45-21(2)13-11-10-12-14-25(20)39)49-35-30(42)29(37(7)8)31(22(3)47-35)48-28-19-36(5,6)34(43)23(4)46-28/h10-12,14,16,20-26,28-35,39-40,42-43H,13,15,17-19H2,1-9H3/b11-10+,14-12+/t20-,21-,22-,23-,24+,25+,26-,28-,29-,30-,31-,32+,33?,34-,35+/m1/s1. The van der Waals surface area contributed by atoms with Crippen molar-refractivity contribution in [3.05, 3.63) is 24.3 Å². The fourth-order valence-corrected chi connectivity index (χ4v) is 7.26. The number of carbonyl (C=O) groups is 2. The van der Waals surface area contributed by atoms with Crippen LogP contribution >= 0.6 is 0 Å². The molecule has 13 nitrogen and oxygen atoms in total. The predicted octanol–water partition coefficient (Wildman–Crippen LogP) is 2.12. The van der Waals surface area contributed by atoms with E-state index in [4.69, 9.17) is 28.4 Å². The molecule has 0 aromatic heterocycles. The quantitative estimate of drug-likeness (QED) is 0.215. The summed E-state index contributed by atoms with van der Waals surface area (Å²) in [6.45, 7) is 11.1. The van der Waals surface area contributed by atoms with Gasteiger partial charge in [-0.1, -0.05) is 45.1 Å². The van der Waals surface area contributed by atoms with E-state index < -0.39 is 103 Å². The average molecular weight is 700 g/mol. The zero-order valence-electron chi connectivity index (χ0n) is 30.6. The molecule has 3 rings (SSSR count). The molecule has 13 heteroatoms. The first kappa shape index (κ1) is 41.6. The maximum Gasteiger partial charge on any atom is 0.308 e. The number of aliphatic hydroxyl groups is 4. The van der Waals surface area contributed by atoms with Crippen molar-refractivity contribution in [2.24, 2.45) is 17.3 Å². The Kier molecular flexibility index (Phi) is 15.8. The minimum Gasteiger partial charge on any atom is -0.462 e. The highest BCUT2D eigenvalue weighted by Gasteiger charge is 2.51. The molecular formula is C36H61NO12. The van der Waals surface area contributed by atoms with Gasteiger partial charge in [-0.3, -0.25) is 4.79 Å². The second-order valence-electron chi connectivity index (χ2n) is 15.0. The van der Waals surface area contributed by atoms with Crippen LogP contribution in [0.1, 0.15) is 73.6 Å². The highest BCUT2D eigenvalue weighted by atomic mass is 16.7. The van der Waals surface area contributed by atoms with Crippen molar-refractivity contribution in [1.82, 2.24) is 4.90 Å². The van der Waals surface area contributed by atoms with E-state index in [0.717, 1.165) is 6.29 Å². The van der Waals surface area contributed by atoms with Crippen molar-refractivity contribution in [2.45, 2.75) is 153 Å². The number of cyclic esters (lactones) is 1.